The monoisotopic (exact) mass is 433 g/mol. The van der Waals surface area contributed by atoms with Crippen molar-refractivity contribution in [3.05, 3.63) is 48.3 Å². The molecule has 30 heavy (non-hydrogen) atoms. The van der Waals surface area contributed by atoms with Crippen molar-refractivity contribution in [2.45, 2.75) is 45.3 Å². The summed E-state index contributed by atoms with van der Waals surface area (Å²) in [6.45, 7) is 2.55. The quantitative estimate of drug-likeness (QED) is 0.620. The average Bonchev–Trinajstić information content (AvgIpc) is 3.38. The van der Waals surface area contributed by atoms with Gasteiger partial charge in [0.15, 0.2) is 0 Å². The van der Waals surface area contributed by atoms with E-state index in [-0.39, 0.29) is 30.7 Å². The van der Waals surface area contributed by atoms with Crippen molar-refractivity contribution in [1.82, 2.24) is 19.4 Å². The van der Waals surface area contributed by atoms with Crippen molar-refractivity contribution in [3.8, 4) is 0 Å². The Bertz CT molecular complexity index is 975. The summed E-state index contributed by atoms with van der Waals surface area (Å²) in [7, 11) is -3.41. The predicted molar refractivity (Wildman–Crippen MR) is 113 cm³/mol. The lowest BCUT2D eigenvalue weighted by atomic mass is 10.1. The van der Waals surface area contributed by atoms with Crippen LogP contribution in [0.3, 0.4) is 0 Å². The Morgan fingerprint density at radius 2 is 2.10 bits per heavy atom. The Morgan fingerprint density at radius 3 is 2.83 bits per heavy atom. The third kappa shape index (κ3) is 5.67. The summed E-state index contributed by atoms with van der Waals surface area (Å²) >= 11 is 0. The Kier molecular flexibility index (Phi) is 7.22. The summed E-state index contributed by atoms with van der Waals surface area (Å²) < 4.78 is 27.6. The molecule has 3 rings (SSSR count). The highest BCUT2D eigenvalue weighted by atomic mass is 32.2. The molecule has 2 N–H and O–H groups in total. The number of nitrogens with one attached hydrogen (secondary N) is 2. The van der Waals surface area contributed by atoms with Gasteiger partial charge in [0.1, 0.15) is 12.6 Å². The van der Waals surface area contributed by atoms with Crippen LogP contribution in [0, 0.1) is 0 Å². The maximum absolute atomic E-state index is 12.6. The lowest BCUT2D eigenvalue weighted by Gasteiger charge is -2.23. The van der Waals surface area contributed by atoms with Crippen LogP contribution >= 0.6 is 0 Å². The molecule has 9 nitrogen and oxygen atoms in total. The van der Waals surface area contributed by atoms with E-state index >= 15 is 0 Å². The summed E-state index contributed by atoms with van der Waals surface area (Å²) in [5.41, 5.74) is 1.42. The van der Waals surface area contributed by atoms with E-state index in [0.29, 0.717) is 31.5 Å². The number of rotatable bonds is 9. The maximum Gasteiger partial charge on any atom is 0.246 e. The van der Waals surface area contributed by atoms with Gasteiger partial charge in [-0.25, -0.2) is 8.42 Å². The Morgan fingerprint density at radius 1 is 1.27 bits per heavy atom. The van der Waals surface area contributed by atoms with Crippen molar-refractivity contribution in [1.29, 1.82) is 0 Å². The van der Waals surface area contributed by atoms with Crippen molar-refractivity contribution in [2.75, 3.05) is 17.6 Å². The summed E-state index contributed by atoms with van der Waals surface area (Å²) in [6, 6.07) is 8.26. The highest BCUT2D eigenvalue weighted by Crippen LogP contribution is 2.22. The van der Waals surface area contributed by atoms with E-state index in [1.54, 1.807) is 36.7 Å². The van der Waals surface area contributed by atoms with E-state index < -0.39 is 16.1 Å². The lowest BCUT2D eigenvalue weighted by molar-refractivity contribution is -0.124. The first-order chi connectivity index (χ1) is 14.4. The first-order valence-corrected chi connectivity index (χ1v) is 11.6. The molecule has 1 aliphatic rings. The molecule has 0 bridgehead atoms. The molecule has 1 aromatic heterocycles. The molecule has 0 radical (unpaired) electrons. The van der Waals surface area contributed by atoms with E-state index in [2.05, 4.69) is 15.7 Å². The Labute approximate surface area is 176 Å². The molecule has 10 heteroatoms. The van der Waals surface area contributed by atoms with Gasteiger partial charge in [-0.2, -0.15) is 9.40 Å². The van der Waals surface area contributed by atoms with Gasteiger partial charge in [0.05, 0.1) is 5.75 Å². The number of anilines is 1. The number of aromatic nitrogens is 2. The predicted octanol–water partition coefficient (Wildman–Crippen LogP) is 1.34. The molecular formula is C20H27N5O4S. The van der Waals surface area contributed by atoms with E-state index in [0.717, 1.165) is 5.56 Å². The molecular weight excluding hydrogens is 406 g/mol. The lowest BCUT2D eigenvalue weighted by Crippen LogP contribution is -2.46. The third-order valence-electron chi connectivity index (χ3n) is 4.87. The number of hydrogen-bond donors (Lipinski definition) is 2. The number of sulfonamides is 1. The molecule has 0 spiro atoms. The fourth-order valence-electron chi connectivity index (χ4n) is 3.52. The summed E-state index contributed by atoms with van der Waals surface area (Å²) in [5, 5.41) is 9.63. The second-order valence-corrected chi connectivity index (χ2v) is 9.30. The first-order valence-electron chi connectivity index (χ1n) is 10.0. The molecule has 2 amide bonds. The number of amides is 2. The fraction of sp³-hybridized carbons (Fsp3) is 0.450. The third-order valence-corrected chi connectivity index (χ3v) is 6.94. The zero-order valence-corrected chi connectivity index (χ0v) is 17.8. The summed E-state index contributed by atoms with van der Waals surface area (Å²) in [6.07, 6.45) is 5.04. The van der Waals surface area contributed by atoms with E-state index in [4.69, 9.17) is 0 Å². The van der Waals surface area contributed by atoms with Crippen LogP contribution in [-0.4, -0.2) is 52.7 Å². The molecule has 2 heterocycles. The van der Waals surface area contributed by atoms with Gasteiger partial charge in [-0.05, 0) is 43.0 Å². The molecule has 1 atom stereocenters. The summed E-state index contributed by atoms with van der Waals surface area (Å²) in [4.78, 5) is 24.7. The van der Waals surface area contributed by atoms with Crippen LogP contribution in [0.25, 0.3) is 0 Å². The fourth-order valence-corrected chi connectivity index (χ4v) is 5.26. The van der Waals surface area contributed by atoms with Gasteiger partial charge >= 0.3 is 0 Å². The zero-order valence-electron chi connectivity index (χ0n) is 17.0. The van der Waals surface area contributed by atoms with Crippen LogP contribution < -0.4 is 10.6 Å². The SMILES string of the molecule is CCCS(=O)(=O)N1CCCC1C(=O)NCc1cccc(NC(=O)Cn2cccn2)c1. The van der Waals surface area contributed by atoms with Gasteiger partial charge in [0.2, 0.25) is 21.8 Å². The smallest absolute Gasteiger partial charge is 0.246 e. The van der Waals surface area contributed by atoms with Crippen molar-refractivity contribution >= 4 is 27.5 Å². The molecule has 1 aliphatic heterocycles. The highest BCUT2D eigenvalue weighted by Gasteiger charge is 2.37. The minimum Gasteiger partial charge on any atom is -0.351 e. The van der Waals surface area contributed by atoms with E-state index in [1.165, 1.54) is 8.99 Å². The number of carbonyl (C=O) groups is 2. The molecule has 1 saturated heterocycles. The minimum atomic E-state index is -3.41. The van der Waals surface area contributed by atoms with Crippen LogP contribution in [-0.2, 0) is 32.7 Å². The normalized spacial score (nSPS) is 17.0. The van der Waals surface area contributed by atoms with Crippen LogP contribution in [0.15, 0.2) is 42.7 Å². The standard InChI is InChI=1S/C20H27N5O4S/c1-2-12-30(28,29)25-11-4-8-18(25)20(27)21-14-16-6-3-7-17(13-16)23-19(26)15-24-10-5-9-22-24/h3,5-7,9-10,13,18H,2,4,8,11-12,14-15H2,1H3,(H,21,27)(H,23,26). The molecule has 1 unspecified atom stereocenters. The largest absolute Gasteiger partial charge is 0.351 e. The Balaban J connectivity index is 1.56. The molecule has 1 fully saturated rings. The molecule has 1 aromatic carbocycles. The number of benzene rings is 1. The maximum atomic E-state index is 12.6. The number of nitrogens with zero attached hydrogens (tertiary/aromatic N) is 3. The van der Waals surface area contributed by atoms with Crippen molar-refractivity contribution < 1.29 is 18.0 Å². The molecule has 0 aliphatic carbocycles. The first kappa shape index (κ1) is 22.0. The topological polar surface area (TPSA) is 113 Å². The van der Waals surface area contributed by atoms with Crippen molar-refractivity contribution in [2.24, 2.45) is 0 Å². The second-order valence-electron chi connectivity index (χ2n) is 7.25. The van der Waals surface area contributed by atoms with Crippen LogP contribution in [0.5, 0.6) is 0 Å². The number of carbonyl (C=O) groups excluding carboxylic acids is 2. The molecule has 2 aromatic rings. The average molecular weight is 434 g/mol. The second kappa shape index (κ2) is 9.86. The minimum absolute atomic E-state index is 0.0526. The van der Waals surface area contributed by atoms with Crippen LogP contribution in [0.2, 0.25) is 0 Å². The van der Waals surface area contributed by atoms with Gasteiger partial charge in [0, 0.05) is 31.2 Å². The van der Waals surface area contributed by atoms with Crippen molar-refractivity contribution in [3.63, 3.8) is 0 Å². The van der Waals surface area contributed by atoms with Crippen LogP contribution in [0.1, 0.15) is 31.7 Å². The van der Waals surface area contributed by atoms with Crippen LogP contribution in [0.4, 0.5) is 5.69 Å². The van der Waals surface area contributed by atoms with Gasteiger partial charge in [-0.3, -0.25) is 14.3 Å². The van der Waals surface area contributed by atoms with E-state index in [9.17, 15) is 18.0 Å². The van der Waals surface area contributed by atoms with Gasteiger partial charge < -0.3 is 10.6 Å². The van der Waals surface area contributed by atoms with E-state index in [1.807, 2.05) is 13.0 Å². The Hall–Kier alpha value is -2.72. The van der Waals surface area contributed by atoms with Gasteiger partial charge in [0.25, 0.3) is 0 Å². The molecule has 162 valence electrons. The number of hydrogen-bond acceptors (Lipinski definition) is 5. The van der Waals surface area contributed by atoms with Gasteiger partial charge in [-0.15, -0.1) is 0 Å². The van der Waals surface area contributed by atoms with Gasteiger partial charge in [-0.1, -0.05) is 19.1 Å². The highest BCUT2D eigenvalue weighted by molar-refractivity contribution is 7.89. The molecule has 0 saturated carbocycles. The summed E-state index contributed by atoms with van der Waals surface area (Å²) in [5.74, 6) is -0.445. The zero-order chi connectivity index (χ0) is 21.6.